The molecule has 138 valence electrons. The number of aliphatic carboxylic acids is 1. The van der Waals surface area contributed by atoms with E-state index in [9.17, 15) is 9.59 Å². The predicted octanol–water partition coefficient (Wildman–Crippen LogP) is 2.49. The molecule has 0 spiro atoms. The van der Waals surface area contributed by atoms with Crippen LogP contribution in [0.15, 0.2) is 29.0 Å². The van der Waals surface area contributed by atoms with Crippen LogP contribution in [0.2, 0.25) is 0 Å². The third-order valence-electron chi connectivity index (χ3n) is 3.94. The fraction of sp³-hybridized carbons (Fsp3) is 0.389. The zero-order valence-corrected chi connectivity index (χ0v) is 14.2. The molecule has 26 heavy (non-hydrogen) atoms. The van der Waals surface area contributed by atoms with Crippen molar-refractivity contribution in [1.29, 1.82) is 0 Å². The quantitative estimate of drug-likeness (QED) is 0.696. The zero-order valence-electron chi connectivity index (χ0n) is 14.2. The summed E-state index contributed by atoms with van der Waals surface area (Å²) in [6.45, 7) is 1.43. The van der Waals surface area contributed by atoms with Gasteiger partial charge in [0.25, 0.3) is 5.91 Å². The molecule has 1 aliphatic heterocycles. The van der Waals surface area contributed by atoms with Crippen LogP contribution < -0.4 is 14.8 Å². The molecule has 2 heterocycles. The number of unbranched alkanes of at least 4 members (excludes halogenated alkanes) is 2. The van der Waals surface area contributed by atoms with Gasteiger partial charge in [0.15, 0.2) is 29.3 Å². The number of oxazole rings is 1. The number of carboxylic acid groups (broad SMARTS) is 1. The van der Waals surface area contributed by atoms with Gasteiger partial charge in [0.05, 0.1) is 0 Å². The molecule has 3 rings (SSSR count). The molecule has 1 aromatic heterocycles. The number of carboxylic acids is 1. The van der Waals surface area contributed by atoms with Gasteiger partial charge in [0.1, 0.15) is 13.2 Å². The number of hydrogen-bond donors (Lipinski definition) is 2. The summed E-state index contributed by atoms with van der Waals surface area (Å²) in [5.74, 6) is 0.495. The maximum absolute atomic E-state index is 12.3. The van der Waals surface area contributed by atoms with E-state index in [-0.39, 0.29) is 18.0 Å². The Balaban J connectivity index is 1.59. The summed E-state index contributed by atoms with van der Waals surface area (Å²) < 4.78 is 16.4. The van der Waals surface area contributed by atoms with Crippen molar-refractivity contribution in [1.82, 2.24) is 10.3 Å². The summed E-state index contributed by atoms with van der Waals surface area (Å²) in [5.41, 5.74) is 0.880. The molecule has 1 aromatic carbocycles. The smallest absolute Gasteiger partial charge is 0.303 e. The number of nitrogens with one attached hydrogen (secondary N) is 1. The van der Waals surface area contributed by atoms with E-state index in [0.717, 1.165) is 6.42 Å². The molecule has 0 saturated heterocycles. The fourth-order valence-corrected chi connectivity index (χ4v) is 2.66. The first kappa shape index (κ1) is 17.8. The Bertz CT molecular complexity index is 786. The van der Waals surface area contributed by atoms with Gasteiger partial charge in [-0.2, -0.15) is 0 Å². The topological polar surface area (TPSA) is 111 Å². The molecular weight excluding hydrogens is 340 g/mol. The van der Waals surface area contributed by atoms with E-state index in [1.54, 1.807) is 18.2 Å². The van der Waals surface area contributed by atoms with Gasteiger partial charge < -0.3 is 24.3 Å². The lowest BCUT2D eigenvalue weighted by Gasteiger charge is -2.18. The number of carbonyl (C=O) groups excluding carboxylic acids is 1. The van der Waals surface area contributed by atoms with Crippen LogP contribution >= 0.6 is 0 Å². The number of benzene rings is 1. The standard InChI is InChI=1S/C18H20N2O6/c21-15(22)4-2-1-3-7-19-18(23)16-17(26-11-20-16)12-5-6-13-14(10-12)25-9-8-24-13/h5-6,10-11H,1-4,7-9H2,(H,19,23)(H,21,22). The van der Waals surface area contributed by atoms with E-state index in [2.05, 4.69) is 10.3 Å². The number of rotatable bonds is 8. The van der Waals surface area contributed by atoms with Crippen molar-refractivity contribution in [2.45, 2.75) is 25.7 Å². The minimum atomic E-state index is -0.805. The lowest BCUT2D eigenvalue weighted by Crippen LogP contribution is -2.25. The molecule has 0 unspecified atom stereocenters. The highest BCUT2D eigenvalue weighted by atomic mass is 16.6. The van der Waals surface area contributed by atoms with E-state index in [1.165, 1.54) is 6.39 Å². The van der Waals surface area contributed by atoms with Gasteiger partial charge >= 0.3 is 5.97 Å². The van der Waals surface area contributed by atoms with Gasteiger partial charge in [0.2, 0.25) is 0 Å². The van der Waals surface area contributed by atoms with Gasteiger partial charge in [-0.3, -0.25) is 9.59 Å². The highest BCUT2D eigenvalue weighted by Gasteiger charge is 2.20. The normalized spacial score (nSPS) is 12.6. The highest BCUT2D eigenvalue weighted by molar-refractivity contribution is 5.97. The first-order chi connectivity index (χ1) is 12.6. The van der Waals surface area contributed by atoms with E-state index < -0.39 is 5.97 Å². The van der Waals surface area contributed by atoms with Gasteiger partial charge in [-0.15, -0.1) is 0 Å². The van der Waals surface area contributed by atoms with Gasteiger partial charge in [-0.05, 0) is 31.0 Å². The summed E-state index contributed by atoms with van der Waals surface area (Å²) in [7, 11) is 0. The maximum atomic E-state index is 12.3. The second kappa shape index (κ2) is 8.37. The molecule has 1 aliphatic rings. The van der Waals surface area contributed by atoms with Crippen LogP contribution in [0, 0.1) is 0 Å². The number of fused-ring (bicyclic) bond motifs is 1. The maximum Gasteiger partial charge on any atom is 0.303 e. The van der Waals surface area contributed by atoms with Crippen LogP contribution in [-0.2, 0) is 4.79 Å². The number of aromatic nitrogens is 1. The SMILES string of the molecule is O=C(O)CCCCCNC(=O)c1ncoc1-c1ccc2c(c1)OCCO2. The van der Waals surface area contributed by atoms with Crippen LogP contribution in [0.4, 0.5) is 0 Å². The number of nitrogens with zero attached hydrogens (tertiary/aromatic N) is 1. The van der Waals surface area contributed by atoms with Crippen molar-refractivity contribution in [3.05, 3.63) is 30.3 Å². The average molecular weight is 360 g/mol. The molecule has 2 aromatic rings. The van der Waals surface area contributed by atoms with Crippen molar-refractivity contribution < 1.29 is 28.6 Å². The minimum Gasteiger partial charge on any atom is -0.486 e. The molecule has 0 aliphatic carbocycles. The van der Waals surface area contributed by atoms with Crippen molar-refractivity contribution in [3.8, 4) is 22.8 Å². The van der Waals surface area contributed by atoms with Gasteiger partial charge in [-0.1, -0.05) is 6.42 Å². The summed E-state index contributed by atoms with van der Waals surface area (Å²) in [6, 6.07) is 5.32. The molecule has 0 bridgehead atoms. The van der Waals surface area contributed by atoms with Crippen LogP contribution in [0.3, 0.4) is 0 Å². The molecule has 0 atom stereocenters. The molecule has 0 fully saturated rings. The Morgan fingerprint density at radius 1 is 1.12 bits per heavy atom. The minimum absolute atomic E-state index is 0.144. The van der Waals surface area contributed by atoms with Crippen molar-refractivity contribution in [2.75, 3.05) is 19.8 Å². The van der Waals surface area contributed by atoms with Crippen LogP contribution in [-0.4, -0.2) is 41.7 Å². The lowest BCUT2D eigenvalue weighted by molar-refractivity contribution is -0.137. The van der Waals surface area contributed by atoms with Crippen LogP contribution in [0.1, 0.15) is 36.2 Å². The second-order valence-electron chi connectivity index (χ2n) is 5.85. The van der Waals surface area contributed by atoms with E-state index in [0.29, 0.717) is 55.4 Å². The number of hydrogen-bond acceptors (Lipinski definition) is 6. The largest absolute Gasteiger partial charge is 0.486 e. The lowest BCUT2D eigenvalue weighted by atomic mass is 10.1. The first-order valence-electron chi connectivity index (χ1n) is 8.48. The van der Waals surface area contributed by atoms with E-state index in [4.69, 9.17) is 19.0 Å². The molecule has 1 amide bonds. The molecule has 2 N–H and O–H groups in total. The van der Waals surface area contributed by atoms with Gasteiger partial charge in [-0.25, -0.2) is 4.98 Å². The Morgan fingerprint density at radius 2 is 1.92 bits per heavy atom. The molecule has 0 radical (unpaired) electrons. The highest BCUT2D eigenvalue weighted by Crippen LogP contribution is 2.35. The third-order valence-corrected chi connectivity index (χ3v) is 3.94. The van der Waals surface area contributed by atoms with Crippen LogP contribution in [0.5, 0.6) is 11.5 Å². The van der Waals surface area contributed by atoms with Crippen molar-refractivity contribution in [2.24, 2.45) is 0 Å². The monoisotopic (exact) mass is 360 g/mol. The Kier molecular flexibility index (Phi) is 5.73. The number of carbonyl (C=O) groups is 2. The Labute approximate surface area is 150 Å². The Hall–Kier alpha value is -3.03. The first-order valence-corrected chi connectivity index (χ1v) is 8.48. The summed E-state index contributed by atoms with van der Waals surface area (Å²) in [5, 5.41) is 11.4. The molecule has 8 heteroatoms. The molecular formula is C18H20N2O6. The van der Waals surface area contributed by atoms with E-state index in [1.807, 2.05) is 0 Å². The summed E-state index contributed by atoms with van der Waals surface area (Å²) in [4.78, 5) is 26.8. The Morgan fingerprint density at radius 3 is 2.73 bits per heavy atom. The molecule has 0 saturated carbocycles. The zero-order chi connectivity index (χ0) is 18.4. The second-order valence-corrected chi connectivity index (χ2v) is 5.85. The summed E-state index contributed by atoms with van der Waals surface area (Å²) >= 11 is 0. The average Bonchev–Trinajstić information content (AvgIpc) is 3.13. The fourth-order valence-electron chi connectivity index (χ4n) is 2.66. The van der Waals surface area contributed by atoms with Crippen molar-refractivity contribution in [3.63, 3.8) is 0 Å². The van der Waals surface area contributed by atoms with Crippen LogP contribution in [0.25, 0.3) is 11.3 Å². The number of ether oxygens (including phenoxy) is 2. The molecule has 8 nitrogen and oxygen atoms in total. The van der Waals surface area contributed by atoms with Gasteiger partial charge in [0, 0.05) is 18.5 Å². The van der Waals surface area contributed by atoms with Crippen molar-refractivity contribution >= 4 is 11.9 Å². The number of amides is 1. The predicted molar refractivity (Wildman–Crippen MR) is 91.4 cm³/mol. The third kappa shape index (κ3) is 4.33. The summed E-state index contributed by atoms with van der Waals surface area (Å²) in [6.07, 6.45) is 3.41. The van der Waals surface area contributed by atoms with E-state index >= 15 is 0 Å².